The van der Waals surface area contributed by atoms with E-state index in [1.54, 1.807) is 0 Å². The number of amides is 1. The van der Waals surface area contributed by atoms with Crippen molar-refractivity contribution in [3.8, 4) is 0 Å². The summed E-state index contributed by atoms with van der Waals surface area (Å²) >= 11 is 11.2. The third-order valence-corrected chi connectivity index (χ3v) is 2.68. The van der Waals surface area contributed by atoms with Gasteiger partial charge in [0.1, 0.15) is 16.8 Å². The van der Waals surface area contributed by atoms with Crippen LogP contribution in [0.5, 0.6) is 0 Å². The van der Waals surface area contributed by atoms with Crippen LogP contribution in [0.3, 0.4) is 0 Å². The maximum atomic E-state index is 13.6. The van der Waals surface area contributed by atoms with Gasteiger partial charge in [0.25, 0.3) is 11.6 Å². The normalized spacial score (nSPS) is 10.2. The van der Waals surface area contributed by atoms with Crippen LogP contribution in [0.2, 0.25) is 10.4 Å². The number of halogens is 3. The van der Waals surface area contributed by atoms with Gasteiger partial charge in [-0.05, 0) is 17.7 Å². The van der Waals surface area contributed by atoms with E-state index >= 15 is 0 Å². The van der Waals surface area contributed by atoms with E-state index in [-0.39, 0.29) is 16.3 Å². The Labute approximate surface area is 126 Å². The molecule has 0 saturated carbocycles. The first kappa shape index (κ1) is 15.1. The zero-order valence-corrected chi connectivity index (χ0v) is 11.5. The summed E-state index contributed by atoms with van der Waals surface area (Å²) in [6.07, 6.45) is 0. The van der Waals surface area contributed by atoms with E-state index in [0.29, 0.717) is 0 Å². The fraction of sp³-hybridized carbons (Fsp3) is 0. The molecule has 2 rings (SSSR count). The van der Waals surface area contributed by atoms with Gasteiger partial charge in [-0.25, -0.2) is 14.4 Å². The number of nitro benzene ring substituents is 1. The van der Waals surface area contributed by atoms with Crippen molar-refractivity contribution in [3.05, 3.63) is 56.2 Å². The number of anilines is 1. The quantitative estimate of drug-likeness (QED) is 0.403. The van der Waals surface area contributed by atoms with Crippen LogP contribution in [0.15, 0.2) is 24.3 Å². The fourth-order valence-electron chi connectivity index (χ4n) is 1.44. The van der Waals surface area contributed by atoms with Crippen molar-refractivity contribution in [2.24, 2.45) is 0 Å². The Morgan fingerprint density at radius 3 is 2.62 bits per heavy atom. The SMILES string of the molecule is O=C(Nc1cc(Cl)nc(Cl)n1)c1cc([N+](=O)[O-])ccc1F. The number of carbonyl (C=O) groups excluding carboxylic acids is 1. The third kappa shape index (κ3) is 3.61. The van der Waals surface area contributed by atoms with Gasteiger partial charge in [-0.3, -0.25) is 14.9 Å². The van der Waals surface area contributed by atoms with Crippen LogP contribution in [-0.2, 0) is 0 Å². The number of rotatable bonds is 3. The van der Waals surface area contributed by atoms with Gasteiger partial charge in [0.05, 0.1) is 10.5 Å². The maximum absolute atomic E-state index is 13.6. The molecule has 0 bridgehead atoms. The number of hydrogen-bond donors (Lipinski definition) is 1. The lowest BCUT2D eigenvalue weighted by atomic mass is 10.1. The number of nitrogens with zero attached hydrogens (tertiary/aromatic N) is 3. The van der Waals surface area contributed by atoms with Crippen LogP contribution < -0.4 is 5.32 Å². The summed E-state index contributed by atoms with van der Waals surface area (Å²) in [6.45, 7) is 0. The van der Waals surface area contributed by atoms with Crippen LogP contribution in [0, 0.1) is 15.9 Å². The average molecular weight is 331 g/mol. The van der Waals surface area contributed by atoms with Crippen molar-refractivity contribution in [2.75, 3.05) is 5.32 Å². The van der Waals surface area contributed by atoms with Gasteiger partial charge in [0.2, 0.25) is 5.28 Å². The molecule has 0 unspecified atom stereocenters. The second-order valence-electron chi connectivity index (χ2n) is 3.72. The number of nitrogens with one attached hydrogen (secondary N) is 1. The predicted octanol–water partition coefficient (Wildman–Crippen LogP) is 3.08. The number of benzene rings is 1. The molecule has 0 aliphatic carbocycles. The number of non-ortho nitro benzene ring substituents is 1. The molecule has 0 spiro atoms. The summed E-state index contributed by atoms with van der Waals surface area (Å²) in [5, 5.41) is 12.6. The maximum Gasteiger partial charge on any atom is 0.270 e. The van der Waals surface area contributed by atoms with Gasteiger partial charge in [0, 0.05) is 18.2 Å². The Morgan fingerprint density at radius 1 is 1.29 bits per heavy atom. The minimum absolute atomic E-state index is 0.0233. The highest BCUT2D eigenvalue weighted by Crippen LogP contribution is 2.19. The van der Waals surface area contributed by atoms with Crippen molar-refractivity contribution >= 4 is 40.6 Å². The monoisotopic (exact) mass is 330 g/mol. The van der Waals surface area contributed by atoms with Crippen molar-refractivity contribution in [1.82, 2.24) is 9.97 Å². The van der Waals surface area contributed by atoms with Crippen molar-refractivity contribution in [3.63, 3.8) is 0 Å². The molecule has 1 amide bonds. The van der Waals surface area contributed by atoms with Crippen LogP contribution in [0.4, 0.5) is 15.9 Å². The van der Waals surface area contributed by atoms with E-state index in [1.807, 2.05) is 0 Å². The molecule has 0 fully saturated rings. The second-order valence-corrected chi connectivity index (χ2v) is 4.45. The van der Waals surface area contributed by atoms with Gasteiger partial charge >= 0.3 is 0 Å². The average Bonchev–Trinajstić information content (AvgIpc) is 2.37. The molecule has 108 valence electrons. The minimum Gasteiger partial charge on any atom is -0.306 e. The van der Waals surface area contributed by atoms with Crippen molar-refractivity contribution in [1.29, 1.82) is 0 Å². The van der Waals surface area contributed by atoms with Gasteiger partial charge in [-0.15, -0.1) is 0 Å². The number of nitro groups is 1. The molecule has 0 aliphatic rings. The summed E-state index contributed by atoms with van der Waals surface area (Å²) in [7, 11) is 0. The Morgan fingerprint density at radius 2 is 2.00 bits per heavy atom. The topological polar surface area (TPSA) is 98.0 Å². The largest absolute Gasteiger partial charge is 0.306 e. The van der Waals surface area contributed by atoms with Crippen LogP contribution >= 0.6 is 23.2 Å². The predicted molar refractivity (Wildman–Crippen MR) is 73.1 cm³/mol. The molecule has 10 heteroatoms. The van der Waals surface area contributed by atoms with E-state index in [4.69, 9.17) is 23.2 Å². The molecule has 0 radical (unpaired) electrons. The standard InChI is InChI=1S/C11H5Cl2FN4O3/c12-8-4-9(17-11(13)15-8)16-10(19)6-3-5(18(20)21)1-2-7(6)14/h1-4H,(H,15,16,17,19). The first-order chi connectivity index (χ1) is 9.86. The highest BCUT2D eigenvalue weighted by atomic mass is 35.5. The summed E-state index contributed by atoms with van der Waals surface area (Å²) < 4.78 is 13.6. The Kier molecular flexibility index (Phi) is 4.29. The number of carbonyl (C=O) groups is 1. The second kappa shape index (κ2) is 5.98. The smallest absolute Gasteiger partial charge is 0.270 e. The van der Waals surface area contributed by atoms with E-state index in [9.17, 15) is 19.3 Å². The molecule has 1 aromatic heterocycles. The zero-order valence-electron chi connectivity index (χ0n) is 10.0. The Bertz CT molecular complexity index is 721. The highest BCUT2D eigenvalue weighted by Gasteiger charge is 2.17. The molecule has 0 saturated heterocycles. The number of aromatic nitrogens is 2. The van der Waals surface area contributed by atoms with E-state index in [2.05, 4.69) is 15.3 Å². The lowest BCUT2D eigenvalue weighted by Crippen LogP contribution is -2.15. The third-order valence-electron chi connectivity index (χ3n) is 2.31. The van der Waals surface area contributed by atoms with Crippen LogP contribution in [0.25, 0.3) is 0 Å². The summed E-state index contributed by atoms with van der Waals surface area (Å²) in [4.78, 5) is 29.0. The summed E-state index contributed by atoms with van der Waals surface area (Å²) in [6, 6.07) is 3.78. The lowest BCUT2D eigenvalue weighted by molar-refractivity contribution is -0.384. The fourth-order valence-corrected chi connectivity index (χ4v) is 1.85. The first-order valence-corrected chi connectivity index (χ1v) is 6.08. The van der Waals surface area contributed by atoms with Gasteiger partial charge in [0.15, 0.2) is 0 Å². The highest BCUT2D eigenvalue weighted by molar-refractivity contribution is 6.32. The van der Waals surface area contributed by atoms with E-state index in [0.717, 1.165) is 18.2 Å². The Hall–Kier alpha value is -2.32. The van der Waals surface area contributed by atoms with Crippen molar-refractivity contribution in [2.45, 2.75) is 0 Å². The lowest BCUT2D eigenvalue weighted by Gasteiger charge is -2.06. The summed E-state index contributed by atoms with van der Waals surface area (Å²) in [5.74, 6) is -1.90. The number of hydrogen-bond acceptors (Lipinski definition) is 5. The van der Waals surface area contributed by atoms with Crippen LogP contribution in [0.1, 0.15) is 10.4 Å². The molecule has 1 aromatic carbocycles. The van der Waals surface area contributed by atoms with E-state index in [1.165, 1.54) is 6.07 Å². The van der Waals surface area contributed by atoms with Gasteiger partial charge in [-0.2, -0.15) is 0 Å². The molecule has 1 heterocycles. The molecular weight excluding hydrogens is 326 g/mol. The molecule has 21 heavy (non-hydrogen) atoms. The Balaban J connectivity index is 2.31. The molecule has 7 nitrogen and oxygen atoms in total. The minimum atomic E-state index is -0.929. The first-order valence-electron chi connectivity index (χ1n) is 5.32. The molecule has 0 aliphatic heterocycles. The zero-order chi connectivity index (χ0) is 15.6. The van der Waals surface area contributed by atoms with Crippen LogP contribution in [-0.4, -0.2) is 20.8 Å². The van der Waals surface area contributed by atoms with E-state index < -0.39 is 27.9 Å². The summed E-state index contributed by atoms with van der Waals surface area (Å²) in [5.41, 5.74) is -0.921. The van der Waals surface area contributed by atoms with Gasteiger partial charge in [-0.1, -0.05) is 11.6 Å². The molecular formula is C11H5Cl2FN4O3. The van der Waals surface area contributed by atoms with Crippen molar-refractivity contribution < 1.29 is 14.1 Å². The van der Waals surface area contributed by atoms with Gasteiger partial charge < -0.3 is 5.32 Å². The molecule has 2 aromatic rings. The molecule has 0 atom stereocenters. The molecule has 1 N–H and O–H groups in total.